The molecule has 0 bridgehead atoms. The second kappa shape index (κ2) is 9.40. The maximum absolute atomic E-state index is 12.6. The van der Waals surface area contributed by atoms with Gasteiger partial charge in [0.2, 0.25) is 0 Å². The zero-order valence-electron chi connectivity index (χ0n) is 18.0. The Bertz CT molecular complexity index is 1340. The average molecular weight is 484 g/mol. The van der Waals surface area contributed by atoms with E-state index < -0.39 is 15.0 Å². The molecule has 0 saturated heterocycles. The van der Waals surface area contributed by atoms with Gasteiger partial charge in [-0.15, -0.1) is 0 Å². The van der Waals surface area contributed by atoms with Gasteiger partial charge in [-0.25, -0.2) is 0 Å². The van der Waals surface area contributed by atoms with Gasteiger partial charge in [-0.1, -0.05) is 12.1 Å². The molecule has 1 amide bonds. The van der Waals surface area contributed by atoms with Crippen LogP contribution in [-0.4, -0.2) is 32.5 Å². The van der Waals surface area contributed by atoms with E-state index in [1.807, 2.05) is 19.1 Å². The highest BCUT2D eigenvalue weighted by Crippen LogP contribution is 2.32. The van der Waals surface area contributed by atoms with Crippen molar-refractivity contribution in [2.75, 3.05) is 13.2 Å². The average Bonchev–Trinajstić information content (AvgIpc) is 2.84. The molecule has 3 aromatic carbocycles. The third kappa shape index (κ3) is 5.09. The number of hydrogen-bond donors (Lipinski definition) is 1. The van der Waals surface area contributed by atoms with Gasteiger partial charge in [0.25, 0.3) is 11.6 Å². The van der Waals surface area contributed by atoms with E-state index in [2.05, 4.69) is 5.32 Å². The summed E-state index contributed by atoms with van der Waals surface area (Å²) >= 11 is 0. The Balaban J connectivity index is 1.42. The summed E-state index contributed by atoms with van der Waals surface area (Å²) in [7, 11) is -4.29. The fourth-order valence-electron chi connectivity index (χ4n) is 3.28. The quantitative estimate of drug-likeness (QED) is 0.305. The number of amides is 1. The number of rotatable bonds is 7. The van der Waals surface area contributed by atoms with E-state index >= 15 is 0 Å². The number of nitrogens with zero attached hydrogens (tertiary/aromatic N) is 1. The number of benzene rings is 3. The number of nitrogens with one attached hydrogen (secondary N) is 1. The van der Waals surface area contributed by atoms with E-state index in [4.69, 9.17) is 13.7 Å². The molecule has 0 aromatic heterocycles. The second-order valence-corrected chi connectivity index (χ2v) is 8.96. The van der Waals surface area contributed by atoms with E-state index in [0.29, 0.717) is 30.3 Å². The van der Waals surface area contributed by atoms with Crippen molar-refractivity contribution >= 4 is 21.7 Å². The lowest BCUT2D eigenvalue weighted by atomic mass is 10.1. The van der Waals surface area contributed by atoms with Gasteiger partial charge in [0.1, 0.15) is 23.9 Å². The van der Waals surface area contributed by atoms with Crippen LogP contribution in [0, 0.1) is 10.1 Å². The van der Waals surface area contributed by atoms with E-state index in [1.54, 1.807) is 6.07 Å². The molecule has 176 valence electrons. The van der Waals surface area contributed by atoms with Crippen LogP contribution in [0.4, 0.5) is 5.69 Å². The Morgan fingerprint density at radius 2 is 1.74 bits per heavy atom. The molecule has 0 aliphatic carbocycles. The van der Waals surface area contributed by atoms with E-state index in [1.165, 1.54) is 42.5 Å². The number of carbonyl (C=O) groups excluding carboxylic acids is 1. The summed E-state index contributed by atoms with van der Waals surface area (Å²) in [6.45, 7) is 2.78. The zero-order valence-corrected chi connectivity index (χ0v) is 18.8. The summed E-state index contributed by atoms with van der Waals surface area (Å²) in [4.78, 5) is 22.5. The standard InChI is InChI=1S/C23H20N2O8S/c1-15(17-7-10-21-22(13-17)32-12-11-31-21)24-23(26)16-5-8-19(9-6-16)33-34(29,30)20-4-2-3-18(14-20)25(27)28/h2-10,13-15H,11-12H2,1H3,(H,24,26)/t15-/m1/s1. The van der Waals surface area contributed by atoms with Crippen LogP contribution in [0.5, 0.6) is 17.2 Å². The van der Waals surface area contributed by atoms with Crippen molar-refractivity contribution < 1.29 is 31.8 Å². The monoisotopic (exact) mass is 484 g/mol. The number of non-ortho nitro benzene ring substituents is 1. The summed E-state index contributed by atoms with van der Waals surface area (Å²) in [5, 5.41) is 13.8. The van der Waals surface area contributed by atoms with Gasteiger partial charge in [0, 0.05) is 17.7 Å². The molecule has 10 nitrogen and oxygen atoms in total. The van der Waals surface area contributed by atoms with Gasteiger partial charge in [-0.2, -0.15) is 8.42 Å². The van der Waals surface area contributed by atoms with Crippen LogP contribution < -0.4 is 19.0 Å². The summed E-state index contributed by atoms with van der Waals surface area (Å²) < 4.78 is 41.0. The smallest absolute Gasteiger partial charge is 0.339 e. The van der Waals surface area contributed by atoms with Gasteiger partial charge < -0.3 is 19.0 Å². The maximum atomic E-state index is 12.6. The van der Waals surface area contributed by atoms with Crippen LogP contribution >= 0.6 is 0 Å². The molecule has 3 aromatic rings. The van der Waals surface area contributed by atoms with Crippen LogP contribution in [-0.2, 0) is 10.1 Å². The lowest BCUT2D eigenvalue weighted by molar-refractivity contribution is -0.385. The summed E-state index contributed by atoms with van der Waals surface area (Å²) in [5.41, 5.74) is 0.758. The Labute approximate surface area is 195 Å². The van der Waals surface area contributed by atoms with E-state index in [0.717, 1.165) is 11.6 Å². The Morgan fingerprint density at radius 3 is 2.44 bits per heavy atom. The minimum absolute atomic E-state index is 0.0389. The SMILES string of the molecule is C[C@@H](NC(=O)c1ccc(OS(=O)(=O)c2cccc([N+](=O)[O-])c2)cc1)c1ccc2c(c1)OCCO2. The molecule has 34 heavy (non-hydrogen) atoms. The number of carbonyl (C=O) groups is 1. The van der Waals surface area contributed by atoms with Crippen LogP contribution in [0.2, 0.25) is 0 Å². The Morgan fingerprint density at radius 1 is 1.03 bits per heavy atom. The highest BCUT2D eigenvalue weighted by molar-refractivity contribution is 7.87. The topological polar surface area (TPSA) is 134 Å². The number of nitro groups is 1. The molecule has 0 fully saturated rings. The van der Waals surface area contributed by atoms with Crippen molar-refractivity contribution in [3.05, 3.63) is 88.0 Å². The largest absolute Gasteiger partial charge is 0.486 e. The molecule has 1 aliphatic rings. The molecule has 11 heteroatoms. The third-order valence-corrected chi connectivity index (χ3v) is 6.30. The molecule has 1 aliphatic heterocycles. The van der Waals surface area contributed by atoms with Gasteiger partial charge >= 0.3 is 10.1 Å². The zero-order chi connectivity index (χ0) is 24.3. The number of hydrogen-bond acceptors (Lipinski definition) is 8. The number of fused-ring (bicyclic) bond motifs is 1. The van der Waals surface area contributed by atoms with E-state index in [-0.39, 0.29) is 28.3 Å². The van der Waals surface area contributed by atoms with Gasteiger partial charge in [-0.05, 0) is 55.0 Å². The highest BCUT2D eigenvalue weighted by atomic mass is 32.2. The summed E-state index contributed by atoms with van der Waals surface area (Å²) in [6, 6.07) is 15.2. The minimum atomic E-state index is -4.29. The lowest BCUT2D eigenvalue weighted by Crippen LogP contribution is -2.26. The van der Waals surface area contributed by atoms with Crippen LogP contribution in [0.15, 0.2) is 71.6 Å². The number of nitro benzene ring substituents is 1. The summed E-state index contributed by atoms with van der Waals surface area (Å²) in [5.74, 6) is 0.874. The van der Waals surface area contributed by atoms with Crippen molar-refractivity contribution in [1.29, 1.82) is 0 Å². The predicted octanol–water partition coefficient (Wildman–Crippen LogP) is 3.62. The minimum Gasteiger partial charge on any atom is -0.486 e. The molecule has 1 heterocycles. The molecular formula is C23H20N2O8S. The molecule has 0 spiro atoms. The van der Waals surface area contributed by atoms with Crippen LogP contribution in [0.1, 0.15) is 28.9 Å². The van der Waals surface area contributed by atoms with Crippen molar-refractivity contribution in [3.63, 3.8) is 0 Å². The molecule has 0 saturated carbocycles. The first-order valence-electron chi connectivity index (χ1n) is 10.2. The third-order valence-electron chi connectivity index (χ3n) is 5.05. The first-order chi connectivity index (χ1) is 16.2. The van der Waals surface area contributed by atoms with E-state index in [9.17, 15) is 23.3 Å². The molecule has 1 atom stereocenters. The lowest BCUT2D eigenvalue weighted by Gasteiger charge is -2.21. The van der Waals surface area contributed by atoms with Crippen LogP contribution in [0.3, 0.4) is 0 Å². The Kier molecular flexibility index (Phi) is 6.37. The van der Waals surface area contributed by atoms with Gasteiger partial charge in [0.15, 0.2) is 11.5 Å². The van der Waals surface area contributed by atoms with Crippen molar-refractivity contribution in [2.45, 2.75) is 17.9 Å². The van der Waals surface area contributed by atoms with Crippen molar-refractivity contribution in [3.8, 4) is 17.2 Å². The first-order valence-corrected chi connectivity index (χ1v) is 11.6. The van der Waals surface area contributed by atoms with Gasteiger partial charge in [-0.3, -0.25) is 14.9 Å². The van der Waals surface area contributed by atoms with Gasteiger partial charge in [0.05, 0.1) is 11.0 Å². The van der Waals surface area contributed by atoms with Crippen molar-refractivity contribution in [1.82, 2.24) is 5.32 Å². The van der Waals surface area contributed by atoms with Crippen molar-refractivity contribution in [2.24, 2.45) is 0 Å². The molecule has 4 rings (SSSR count). The first kappa shape index (κ1) is 23.1. The highest BCUT2D eigenvalue weighted by Gasteiger charge is 2.21. The summed E-state index contributed by atoms with van der Waals surface area (Å²) in [6.07, 6.45) is 0. The number of ether oxygens (including phenoxy) is 2. The predicted molar refractivity (Wildman–Crippen MR) is 121 cm³/mol. The fraction of sp³-hybridized carbons (Fsp3) is 0.174. The Hall–Kier alpha value is -4.12. The molecule has 0 unspecified atom stereocenters. The fourth-order valence-corrected chi connectivity index (χ4v) is 4.25. The normalized spacial score (nSPS) is 13.6. The molecule has 0 radical (unpaired) electrons. The molecule has 1 N–H and O–H groups in total. The van der Waals surface area contributed by atoms with Crippen LogP contribution in [0.25, 0.3) is 0 Å². The second-order valence-electron chi connectivity index (χ2n) is 7.41. The maximum Gasteiger partial charge on any atom is 0.339 e. The molecular weight excluding hydrogens is 464 g/mol.